The molecule has 2 unspecified atom stereocenters. The largest absolute Gasteiger partial charge is 0.504 e. The Hall–Kier alpha value is -3.31. The highest BCUT2D eigenvalue weighted by Crippen LogP contribution is 2.42. The Balaban J connectivity index is 1.76. The molecule has 1 aromatic carbocycles. The van der Waals surface area contributed by atoms with E-state index in [9.17, 15) is 19.5 Å². The molecule has 11 heteroatoms. The molecule has 3 atom stereocenters. The highest BCUT2D eigenvalue weighted by Gasteiger charge is 2.46. The lowest BCUT2D eigenvalue weighted by molar-refractivity contribution is -0.198. The fourth-order valence-corrected chi connectivity index (χ4v) is 4.95. The van der Waals surface area contributed by atoms with Crippen LogP contribution in [0.1, 0.15) is 61.7 Å². The Labute approximate surface area is 215 Å². The van der Waals surface area contributed by atoms with E-state index < -0.39 is 30.6 Å². The van der Waals surface area contributed by atoms with Crippen LogP contribution in [-0.2, 0) is 19.0 Å². The van der Waals surface area contributed by atoms with Gasteiger partial charge in [-0.3, -0.25) is 9.59 Å². The number of ether oxygens (including phenoxy) is 4. The minimum Gasteiger partial charge on any atom is -0.504 e. The number of hydrogen-bond acceptors (Lipinski definition) is 8. The van der Waals surface area contributed by atoms with Crippen LogP contribution in [0.4, 0.5) is 10.5 Å². The second-order valence-corrected chi connectivity index (χ2v) is 9.30. The van der Waals surface area contributed by atoms with Crippen molar-refractivity contribution in [1.82, 2.24) is 4.90 Å². The summed E-state index contributed by atoms with van der Waals surface area (Å²) in [5, 5.41) is 19.5. The third-order valence-electron chi connectivity index (χ3n) is 6.70. The molecule has 0 saturated carbocycles. The van der Waals surface area contributed by atoms with Gasteiger partial charge in [-0.2, -0.15) is 0 Å². The van der Waals surface area contributed by atoms with E-state index >= 15 is 0 Å². The van der Waals surface area contributed by atoms with Crippen LogP contribution >= 0.6 is 0 Å². The molecule has 2 saturated heterocycles. The molecule has 3 aliphatic rings. The van der Waals surface area contributed by atoms with Crippen molar-refractivity contribution in [2.45, 2.75) is 69.9 Å². The zero-order valence-corrected chi connectivity index (χ0v) is 20.8. The van der Waals surface area contributed by atoms with E-state index in [1.54, 1.807) is 4.90 Å². The number of benzene rings is 1. The molecule has 2 fully saturated rings. The Bertz CT molecular complexity index is 1010. The Morgan fingerprint density at radius 3 is 2.73 bits per heavy atom. The molecule has 0 bridgehead atoms. The van der Waals surface area contributed by atoms with Gasteiger partial charge in [-0.25, -0.2) is 9.69 Å². The molecule has 4 rings (SSSR count). The third kappa shape index (κ3) is 6.16. The summed E-state index contributed by atoms with van der Waals surface area (Å²) in [6.07, 6.45) is 4.19. The summed E-state index contributed by atoms with van der Waals surface area (Å²) in [5.41, 5.74) is 0.300. The molecule has 11 nitrogen and oxygen atoms in total. The SMILES string of the molecule is C=CCOC(=O)N1c2cc(OCCCC(=O)O)c(O)cc2C(=O)N2CCCC[C@H]2C1OC1CCCCO1. The van der Waals surface area contributed by atoms with Crippen LogP contribution < -0.4 is 9.64 Å². The quantitative estimate of drug-likeness (QED) is 0.371. The van der Waals surface area contributed by atoms with Gasteiger partial charge in [-0.15, -0.1) is 0 Å². The molecule has 37 heavy (non-hydrogen) atoms. The van der Waals surface area contributed by atoms with Gasteiger partial charge in [0.15, 0.2) is 24.0 Å². The fourth-order valence-electron chi connectivity index (χ4n) is 4.95. The van der Waals surface area contributed by atoms with Crippen LogP contribution in [-0.4, -0.2) is 78.0 Å². The zero-order valence-electron chi connectivity index (χ0n) is 20.8. The lowest BCUT2D eigenvalue weighted by Gasteiger charge is -2.42. The van der Waals surface area contributed by atoms with Gasteiger partial charge in [0.05, 0.1) is 23.9 Å². The third-order valence-corrected chi connectivity index (χ3v) is 6.70. The number of rotatable bonds is 9. The van der Waals surface area contributed by atoms with Gasteiger partial charge >= 0.3 is 12.1 Å². The van der Waals surface area contributed by atoms with E-state index in [-0.39, 0.29) is 54.7 Å². The first-order valence-electron chi connectivity index (χ1n) is 12.8. The van der Waals surface area contributed by atoms with E-state index in [1.165, 1.54) is 23.1 Å². The molecule has 202 valence electrons. The average molecular weight is 519 g/mol. The highest BCUT2D eigenvalue weighted by atomic mass is 16.7. The summed E-state index contributed by atoms with van der Waals surface area (Å²) in [6.45, 7) is 4.62. The second kappa shape index (κ2) is 12.3. The van der Waals surface area contributed by atoms with E-state index in [0.29, 0.717) is 26.0 Å². The highest BCUT2D eigenvalue weighted by molar-refractivity contribution is 6.05. The van der Waals surface area contributed by atoms with Crippen molar-refractivity contribution in [2.75, 3.05) is 31.3 Å². The Morgan fingerprint density at radius 1 is 1.19 bits per heavy atom. The van der Waals surface area contributed by atoms with Crippen LogP contribution in [0.15, 0.2) is 24.8 Å². The molecule has 0 aromatic heterocycles. The van der Waals surface area contributed by atoms with Crippen LogP contribution in [0.3, 0.4) is 0 Å². The van der Waals surface area contributed by atoms with Crippen LogP contribution in [0.5, 0.6) is 11.5 Å². The molecule has 1 aromatic rings. The number of hydrogen-bond donors (Lipinski definition) is 2. The molecule has 2 N–H and O–H groups in total. The molecular formula is C26H34N2O9. The number of carboxylic acid groups (broad SMARTS) is 1. The van der Waals surface area contributed by atoms with Crippen molar-refractivity contribution in [3.8, 4) is 11.5 Å². The van der Waals surface area contributed by atoms with Gasteiger partial charge in [-0.05, 0) is 51.0 Å². The van der Waals surface area contributed by atoms with E-state index in [2.05, 4.69) is 6.58 Å². The normalized spacial score (nSPS) is 23.5. The number of nitrogens with zero attached hydrogens (tertiary/aromatic N) is 2. The summed E-state index contributed by atoms with van der Waals surface area (Å²) in [5.74, 6) is -1.56. The average Bonchev–Trinajstić information content (AvgIpc) is 2.99. The predicted octanol–water partition coefficient (Wildman–Crippen LogP) is 3.64. The first-order chi connectivity index (χ1) is 17.9. The number of fused-ring (bicyclic) bond motifs is 2. The Morgan fingerprint density at radius 2 is 2.00 bits per heavy atom. The van der Waals surface area contributed by atoms with Gasteiger partial charge in [0, 0.05) is 25.6 Å². The molecule has 0 spiro atoms. The molecular weight excluding hydrogens is 484 g/mol. The number of phenols is 1. The van der Waals surface area contributed by atoms with Gasteiger partial charge in [-0.1, -0.05) is 12.7 Å². The monoisotopic (exact) mass is 518 g/mol. The number of carbonyl (C=O) groups excluding carboxylic acids is 2. The van der Waals surface area contributed by atoms with Crippen molar-refractivity contribution >= 4 is 23.7 Å². The number of anilines is 1. The summed E-state index contributed by atoms with van der Waals surface area (Å²) in [6, 6.07) is 2.25. The van der Waals surface area contributed by atoms with E-state index in [0.717, 1.165) is 25.7 Å². The number of phenolic OH excluding ortho intramolecular Hbond substituents is 1. The van der Waals surface area contributed by atoms with E-state index in [4.69, 9.17) is 24.1 Å². The maximum atomic E-state index is 13.7. The van der Waals surface area contributed by atoms with Crippen LogP contribution in [0.2, 0.25) is 0 Å². The summed E-state index contributed by atoms with van der Waals surface area (Å²) < 4.78 is 23.3. The number of carbonyl (C=O) groups is 3. The number of aromatic hydroxyl groups is 1. The van der Waals surface area contributed by atoms with Gasteiger partial charge < -0.3 is 34.1 Å². The minimum atomic E-state index is -0.960. The van der Waals surface area contributed by atoms with Gasteiger partial charge in [0.1, 0.15) is 6.61 Å². The minimum absolute atomic E-state index is 0.0194. The lowest BCUT2D eigenvalue weighted by atomic mass is 10.00. The van der Waals surface area contributed by atoms with Crippen LogP contribution in [0.25, 0.3) is 0 Å². The molecule has 3 heterocycles. The maximum absolute atomic E-state index is 13.7. The fraction of sp³-hybridized carbons (Fsp3) is 0.577. The molecule has 0 aliphatic carbocycles. The molecule has 3 aliphatic heterocycles. The maximum Gasteiger partial charge on any atom is 0.416 e. The van der Waals surface area contributed by atoms with Crippen molar-refractivity contribution in [2.24, 2.45) is 0 Å². The predicted molar refractivity (Wildman–Crippen MR) is 132 cm³/mol. The van der Waals surface area contributed by atoms with Gasteiger partial charge in [0.2, 0.25) is 0 Å². The smallest absolute Gasteiger partial charge is 0.416 e. The van der Waals surface area contributed by atoms with Gasteiger partial charge in [0.25, 0.3) is 5.91 Å². The number of aliphatic carboxylic acids is 1. The second-order valence-electron chi connectivity index (χ2n) is 9.30. The van der Waals surface area contributed by atoms with E-state index in [1.807, 2.05) is 0 Å². The first-order valence-corrected chi connectivity index (χ1v) is 12.8. The van der Waals surface area contributed by atoms with Crippen molar-refractivity contribution in [3.63, 3.8) is 0 Å². The topological polar surface area (TPSA) is 135 Å². The van der Waals surface area contributed by atoms with Crippen LogP contribution in [0, 0.1) is 0 Å². The summed E-state index contributed by atoms with van der Waals surface area (Å²) >= 11 is 0. The number of amides is 2. The molecule has 0 radical (unpaired) electrons. The first kappa shape index (κ1) is 26.7. The number of carboxylic acids is 1. The summed E-state index contributed by atoms with van der Waals surface area (Å²) in [4.78, 5) is 41.0. The summed E-state index contributed by atoms with van der Waals surface area (Å²) in [7, 11) is 0. The lowest BCUT2D eigenvalue weighted by Crippen LogP contribution is -2.57. The Kier molecular flexibility index (Phi) is 8.88. The van der Waals surface area contributed by atoms with Crippen molar-refractivity contribution < 1.29 is 43.5 Å². The van der Waals surface area contributed by atoms with Crippen molar-refractivity contribution in [1.29, 1.82) is 0 Å². The zero-order chi connectivity index (χ0) is 26.4. The van der Waals surface area contributed by atoms with Crippen molar-refractivity contribution in [3.05, 3.63) is 30.4 Å². The molecule has 2 amide bonds. The standard InChI is InChI=1S/C26H34N2O9/c1-2-12-36-26(33)28-19-16-21(34-14-7-9-22(30)31)20(29)15-17(19)24(32)27-11-5-3-8-18(27)25(28)37-23-10-4-6-13-35-23/h2,15-16,18,23,25,29H,1,3-14H2,(H,30,31)/t18-,23?,25?/m0/s1. The number of piperidine rings is 1.